The van der Waals surface area contributed by atoms with Crippen molar-refractivity contribution in [1.82, 2.24) is 29.1 Å². The van der Waals surface area contributed by atoms with Crippen LogP contribution in [0.4, 0.5) is 27.9 Å². The number of para-hydroxylation sites is 1. The van der Waals surface area contributed by atoms with Crippen LogP contribution in [0.25, 0.3) is 17.1 Å². The SMILES string of the molecule is NC(=O)[C@H]1CC(F)(F)CN1c1nc(Cn2nc(-c3ccc(Cl)cc3)n(C[C@H](O)C(F)(F)F)c2=O)nn1-c1ccccc1Cl. The first-order chi connectivity index (χ1) is 20.1. The zero-order valence-corrected chi connectivity index (χ0v) is 23.2. The molecule has 3 N–H and O–H groups in total. The maximum Gasteiger partial charge on any atom is 0.416 e. The average molecular weight is 647 g/mol. The predicted octanol–water partition coefficient (Wildman–Crippen LogP) is 3.27. The van der Waals surface area contributed by atoms with E-state index in [0.717, 1.165) is 14.3 Å². The van der Waals surface area contributed by atoms with Crippen LogP contribution in [-0.2, 0) is 17.9 Å². The molecule has 11 nitrogen and oxygen atoms in total. The third kappa shape index (κ3) is 6.21. The van der Waals surface area contributed by atoms with E-state index in [1.54, 1.807) is 12.1 Å². The maximum absolute atomic E-state index is 14.4. The summed E-state index contributed by atoms with van der Waals surface area (Å²) in [7, 11) is 0. The number of benzene rings is 2. The normalized spacial score (nSPS) is 17.4. The summed E-state index contributed by atoms with van der Waals surface area (Å²) >= 11 is 12.2. The molecule has 2 atom stereocenters. The van der Waals surface area contributed by atoms with Gasteiger partial charge in [0, 0.05) is 17.0 Å². The van der Waals surface area contributed by atoms with Crippen molar-refractivity contribution in [3.05, 3.63) is 74.9 Å². The van der Waals surface area contributed by atoms with Crippen molar-refractivity contribution in [1.29, 1.82) is 0 Å². The molecule has 0 spiro atoms. The van der Waals surface area contributed by atoms with E-state index in [4.69, 9.17) is 28.9 Å². The summed E-state index contributed by atoms with van der Waals surface area (Å²) in [5.41, 5.74) is 4.77. The number of carbonyl (C=O) groups excluding carboxylic acids is 1. The van der Waals surface area contributed by atoms with Crippen LogP contribution in [0.15, 0.2) is 53.3 Å². The second-order valence-corrected chi connectivity index (χ2v) is 10.6. The lowest BCUT2D eigenvalue weighted by molar-refractivity contribution is -0.207. The molecule has 1 aliphatic rings. The van der Waals surface area contributed by atoms with Gasteiger partial charge in [0.1, 0.15) is 12.6 Å². The van der Waals surface area contributed by atoms with Crippen molar-refractivity contribution in [3.8, 4) is 17.1 Å². The Kier molecular flexibility index (Phi) is 7.96. The molecule has 0 aliphatic carbocycles. The highest BCUT2D eigenvalue weighted by Crippen LogP contribution is 2.36. The number of aliphatic hydroxyl groups is 1. The second-order valence-electron chi connectivity index (χ2n) is 9.74. The van der Waals surface area contributed by atoms with E-state index in [1.165, 1.54) is 36.4 Å². The van der Waals surface area contributed by atoms with E-state index in [2.05, 4.69) is 15.2 Å². The first-order valence-electron chi connectivity index (χ1n) is 12.5. The molecule has 3 heterocycles. The van der Waals surface area contributed by atoms with Crippen molar-refractivity contribution < 1.29 is 31.9 Å². The topological polar surface area (TPSA) is 137 Å². The van der Waals surface area contributed by atoms with Crippen molar-refractivity contribution in [3.63, 3.8) is 0 Å². The third-order valence-corrected chi connectivity index (χ3v) is 7.19. The van der Waals surface area contributed by atoms with Gasteiger partial charge in [0.2, 0.25) is 11.9 Å². The van der Waals surface area contributed by atoms with Gasteiger partial charge >= 0.3 is 11.9 Å². The molecule has 0 saturated carbocycles. The number of primary amides is 1. The number of hydrogen-bond acceptors (Lipinski definition) is 7. The molecule has 0 radical (unpaired) electrons. The molecule has 1 aliphatic heterocycles. The molecule has 5 rings (SSSR count). The maximum atomic E-state index is 14.4. The standard InChI is InChI=1S/C25H21Cl2F5N8O3/c26-14-7-5-13(6-8-14)21-36-39(23(43)37(21)10-18(41)25(30,31)32)11-19-34-22(38-12-24(28,29)9-17(38)20(33)42)40(35-19)16-4-2-1-3-15(16)27/h1-8,17-18,41H,9-12H2,(H2,33,42)/t17-,18+/m1/s1. The number of aliphatic hydroxyl groups excluding tert-OH is 1. The van der Waals surface area contributed by atoms with Gasteiger partial charge in [-0.15, -0.1) is 10.2 Å². The first-order valence-corrected chi connectivity index (χ1v) is 13.2. The number of anilines is 1. The van der Waals surface area contributed by atoms with Crippen LogP contribution < -0.4 is 16.3 Å². The smallest absolute Gasteiger partial charge is 0.382 e. The van der Waals surface area contributed by atoms with E-state index in [9.17, 15) is 36.6 Å². The van der Waals surface area contributed by atoms with E-state index in [-0.39, 0.29) is 33.9 Å². The predicted molar refractivity (Wildman–Crippen MR) is 144 cm³/mol. The van der Waals surface area contributed by atoms with Crippen LogP contribution in [0, 0.1) is 0 Å². The van der Waals surface area contributed by atoms with E-state index >= 15 is 0 Å². The molecule has 0 unspecified atom stereocenters. The lowest BCUT2D eigenvalue weighted by atomic mass is 10.2. The first kappa shape index (κ1) is 30.4. The van der Waals surface area contributed by atoms with E-state index in [1.807, 2.05) is 0 Å². The number of nitrogens with zero attached hydrogens (tertiary/aromatic N) is 7. The molecule has 18 heteroatoms. The molecule has 228 valence electrons. The monoisotopic (exact) mass is 646 g/mol. The van der Waals surface area contributed by atoms with Crippen molar-refractivity contribution in [2.24, 2.45) is 5.73 Å². The Morgan fingerprint density at radius 2 is 1.79 bits per heavy atom. The Morgan fingerprint density at radius 3 is 2.42 bits per heavy atom. The van der Waals surface area contributed by atoms with Crippen molar-refractivity contribution >= 4 is 35.1 Å². The number of halogens is 7. The van der Waals surface area contributed by atoms with Gasteiger partial charge in [0.05, 0.1) is 23.8 Å². The summed E-state index contributed by atoms with van der Waals surface area (Å²) in [5, 5.41) is 18.6. The van der Waals surface area contributed by atoms with E-state index < -0.39 is 61.9 Å². The summed E-state index contributed by atoms with van der Waals surface area (Å²) in [6.07, 6.45) is -8.79. The Bertz CT molecular complexity index is 1720. The molecule has 2 aromatic carbocycles. The van der Waals surface area contributed by atoms with Gasteiger partial charge in [-0.3, -0.25) is 9.36 Å². The zero-order chi connectivity index (χ0) is 31.3. The molecular weight excluding hydrogens is 626 g/mol. The molecule has 2 aromatic heterocycles. The van der Waals surface area contributed by atoms with Crippen LogP contribution in [0.5, 0.6) is 0 Å². The number of alkyl halides is 5. The molecule has 1 amide bonds. The van der Waals surface area contributed by atoms with Gasteiger partial charge in [-0.05, 0) is 36.4 Å². The van der Waals surface area contributed by atoms with Crippen LogP contribution in [0.3, 0.4) is 0 Å². The van der Waals surface area contributed by atoms with Crippen LogP contribution in [0.2, 0.25) is 10.0 Å². The average Bonchev–Trinajstić information content (AvgIpc) is 3.58. The Morgan fingerprint density at radius 1 is 1.12 bits per heavy atom. The second kappa shape index (κ2) is 11.2. The summed E-state index contributed by atoms with van der Waals surface area (Å²) in [5.74, 6) is -4.96. The van der Waals surface area contributed by atoms with Gasteiger partial charge in [0.25, 0.3) is 5.92 Å². The molecular formula is C25H21Cl2F5N8O3. The van der Waals surface area contributed by atoms with Crippen LogP contribution in [-0.4, -0.2) is 70.9 Å². The number of amides is 1. The lowest BCUT2D eigenvalue weighted by Crippen LogP contribution is -2.41. The molecule has 1 fully saturated rings. The summed E-state index contributed by atoms with van der Waals surface area (Å²) in [6, 6.07) is 10.5. The van der Waals surface area contributed by atoms with E-state index in [0.29, 0.717) is 9.59 Å². The lowest BCUT2D eigenvalue weighted by Gasteiger charge is -2.22. The quantitative estimate of drug-likeness (QED) is 0.280. The minimum atomic E-state index is -5.03. The largest absolute Gasteiger partial charge is 0.416 e. The summed E-state index contributed by atoms with van der Waals surface area (Å²) in [4.78, 5) is 30.6. The highest BCUT2D eigenvalue weighted by atomic mass is 35.5. The molecule has 4 aromatic rings. The fourth-order valence-corrected chi connectivity index (χ4v) is 4.94. The zero-order valence-electron chi connectivity index (χ0n) is 21.7. The minimum absolute atomic E-state index is 0.148. The third-order valence-electron chi connectivity index (χ3n) is 6.62. The minimum Gasteiger partial charge on any atom is -0.382 e. The fourth-order valence-electron chi connectivity index (χ4n) is 4.60. The number of aromatic nitrogens is 6. The Labute approximate surface area is 248 Å². The van der Waals surface area contributed by atoms with Crippen molar-refractivity contribution in [2.75, 3.05) is 11.4 Å². The summed E-state index contributed by atoms with van der Waals surface area (Å²) in [6.45, 7) is -2.63. The van der Waals surface area contributed by atoms with Gasteiger partial charge < -0.3 is 15.7 Å². The number of rotatable bonds is 8. The number of nitrogens with two attached hydrogens (primary N) is 1. The molecule has 1 saturated heterocycles. The molecule has 43 heavy (non-hydrogen) atoms. The molecule has 0 bridgehead atoms. The highest BCUT2D eigenvalue weighted by molar-refractivity contribution is 6.32. The highest BCUT2D eigenvalue weighted by Gasteiger charge is 2.49. The Hall–Kier alpha value is -4.02. The Balaban J connectivity index is 1.61. The van der Waals surface area contributed by atoms with Crippen LogP contribution >= 0.6 is 23.2 Å². The number of hydrogen-bond donors (Lipinski definition) is 2. The van der Waals surface area contributed by atoms with Crippen molar-refractivity contribution in [2.45, 2.75) is 43.8 Å². The number of carbonyl (C=O) groups is 1. The fraction of sp³-hybridized carbons (Fsp3) is 0.320. The van der Waals surface area contributed by atoms with Gasteiger partial charge in [-0.1, -0.05) is 35.3 Å². The van der Waals surface area contributed by atoms with Gasteiger partial charge in [0.15, 0.2) is 17.8 Å². The van der Waals surface area contributed by atoms with Gasteiger partial charge in [-0.2, -0.15) is 22.8 Å². The summed E-state index contributed by atoms with van der Waals surface area (Å²) < 4.78 is 71.0. The van der Waals surface area contributed by atoms with Gasteiger partial charge in [-0.25, -0.2) is 18.3 Å². The van der Waals surface area contributed by atoms with Crippen LogP contribution in [0.1, 0.15) is 12.2 Å².